The van der Waals surface area contributed by atoms with E-state index in [1.54, 1.807) is 0 Å². The third-order valence-corrected chi connectivity index (χ3v) is 4.54. The second-order valence-electron chi connectivity index (χ2n) is 4.43. The number of nitrogens with one attached hydrogen (secondary N) is 2. The quantitative estimate of drug-likeness (QED) is 0.873. The third kappa shape index (κ3) is 2.96. The molecule has 0 bridgehead atoms. The number of rotatable bonds is 4. The SMILES string of the molecule is CCSC1CCCC1NC(=O)c1c[nH]ccc1=O. The van der Waals surface area contributed by atoms with E-state index in [0.29, 0.717) is 5.25 Å². The van der Waals surface area contributed by atoms with Gasteiger partial charge in [-0.05, 0) is 18.6 Å². The summed E-state index contributed by atoms with van der Waals surface area (Å²) in [5, 5.41) is 3.48. The first-order valence-electron chi connectivity index (χ1n) is 6.32. The molecule has 98 valence electrons. The van der Waals surface area contributed by atoms with Crippen LogP contribution in [0, 0.1) is 0 Å². The van der Waals surface area contributed by atoms with Crippen LogP contribution in [0.15, 0.2) is 23.3 Å². The second kappa shape index (κ2) is 6.09. The highest BCUT2D eigenvalue weighted by Crippen LogP contribution is 2.29. The first-order valence-corrected chi connectivity index (χ1v) is 7.37. The number of carbonyl (C=O) groups is 1. The highest BCUT2D eigenvalue weighted by Gasteiger charge is 2.29. The molecule has 1 saturated carbocycles. The Morgan fingerprint density at radius 3 is 3.11 bits per heavy atom. The number of hydrogen-bond acceptors (Lipinski definition) is 3. The maximum absolute atomic E-state index is 12.0. The number of thioether (sulfide) groups is 1. The van der Waals surface area contributed by atoms with E-state index in [9.17, 15) is 9.59 Å². The Hall–Kier alpha value is -1.23. The number of H-pyrrole nitrogens is 1. The van der Waals surface area contributed by atoms with E-state index in [1.165, 1.54) is 18.5 Å². The minimum atomic E-state index is -0.259. The molecule has 1 aromatic heterocycles. The van der Waals surface area contributed by atoms with Gasteiger partial charge in [0.05, 0.1) is 0 Å². The van der Waals surface area contributed by atoms with E-state index >= 15 is 0 Å². The molecular formula is C13H18N2O2S. The van der Waals surface area contributed by atoms with Crippen LogP contribution in [-0.4, -0.2) is 27.9 Å². The molecule has 0 radical (unpaired) electrons. The zero-order valence-electron chi connectivity index (χ0n) is 10.4. The Balaban J connectivity index is 2.03. The summed E-state index contributed by atoms with van der Waals surface area (Å²) in [6.45, 7) is 2.13. The average molecular weight is 266 g/mol. The standard InChI is InChI=1S/C13H18N2O2S/c1-2-18-12-5-3-4-10(12)15-13(17)9-8-14-7-6-11(9)16/h6-8,10,12H,2-5H2,1H3,(H,14,16)(H,15,17). The van der Waals surface area contributed by atoms with Crippen molar-refractivity contribution in [2.75, 3.05) is 5.75 Å². The van der Waals surface area contributed by atoms with Crippen molar-refractivity contribution < 1.29 is 4.79 Å². The van der Waals surface area contributed by atoms with Crippen LogP contribution in [0.4, 0.5) is 0 Å². The van der Waals surface area contributed by atoms with Crippen LogP contribution in [0.25, 0.3) is 0 Å². The molecule has 5 heteroatoms. The van der Waals surface area contributed by atoms with Gasteiger partial charge in [-0.1, -0.05) is 13.3 Å². The summed E-state index contributed by atoms with van der Waals surface area (Å²) in [4.78, 5) is 26.4. The zero-order chi connectivity index (χ0) is 13.0. The van der Waals surface area contributed by atoms with E-state index in [4.69, 9.17) is 0 Å². The molecule has 1 aliphatic carbocycles. The normalized spacial score (nSPS) is 22.9. The van der Waals surface area contributed by atoms with Crippen LogP contribution in [-0.2, 0) is 0 Å². The minimum Gasteiger partial charge on any atom is -0.367 e. The van der Waals surface area contributed by atoms with Crippen LogP contribution in [0.3, 0.4) is 0 Å². The number of aromatic nitrogens is 1. The minimum absolute atomic E-state index is 0.196. The van der Waals surface area contributed by atoms with Crippen molar-refractivity contribution in [1.82, 2.24) is 10.3 Å². The fourth-order valence-electron chi connectivity index (χ4n) is 2.34. The molecule has 2 N–H and O–H groups in total. The lowest BCUT2D eigenvalue weighted by Crippen LogP contribution is -2.40. The first kappa shape index (κ1) is 13.2. The Labute approximate surface area is 111 Å². The molecule has 0 aliphatic heterocycles. The van der Waals surface area contributed by atoms with Gasteiger partial charge in [0.25, 0.3) is 5.91 Å². The van der Waals surface area contributed by atoms with Crippen LogP contribution < -0.4 is 10.7 Å². The largest absolute Gasteiger partial charge is 0.367 e. The molecule has 1 fully saturated rings. The predicted octanol–water partition coefficient (Wildman–Crippen LogP) is 1.78. The molecule has 0 saturated heterocycles. The lowest BCUT2D eigenvalue weighted by molar-refractivity contribution is 0.0937. The highest BCUT2D eigenvalue weighted by atomic mass is 32.2. The maximum atomic E-state index is 12.0. The topological polar surface area (TPSA) is 62.0 Å². The van der Waals surface area contributed by atoms with Gasteiger partial charge in [-0.25, -0.2) is 0 Å². The molecule has 2 atom stereocenters. The van der Waals surface area contributed by atoms with E-state index in [2.05, 4.69) is 17.2 Å². The monoisotopic (exact) mass is 266 g/mol. The van der Waals surface area contributed by atoms with Gasteiger partial charge in [0, 0.05) is 29.8 Å². The first-order chi connectivity index (χ1) is 8.72. The van der Waals surface area contributed by atoms with Crippen LogP contribution in [0.1, 0.15) is 36.5 Å². The maximum Gasteiger partial charge on any atom is 0.256 e. The molecule has 18 heavy (non-hydrogen) atoms. The van der Waals surface area contributed by atoms with Gasteiger partial charge in [0.15, 0.2) is 5.43 Å². The molecule has 1 aliphatic rings. The summed E-state index contributed by atoms with van der Waals surface area (Å²) in [7, 11) is 0. The van der Waals surface area contributed by atoms with Crippen molar-refractivity contribution in [1.29, 1.82) is 0 Å². The summed E-state index contributed by atoms with van der Waals surface area (Å²) in [5.41, 5.74) is -0.0337. The van der Waals surface area contributed by atoms with Crippen molar-refractivity contribution in [3.63, 3.8) is 0 Å². The fraction of sp³-hybridized carbons (Fsp3) is 0.538. The van der Waals surface area contributed by atoms with Gasteiger partial charge in [-0.3, -0.25) is 9.59 Å². The number of amides is 1. The Morgan fingerprint density at radius 1 is 1.56 bits per heavy atom. The van der Waals surface area contributed by atoms with Gasteiger partial charge in [-0.15, -0.1) is 0 Å². The molecule has 1 heterocycles. The molecule has 2 rings (SSSR count). The third-order valence-electron chi connectivity index (χ3n) is 3.22. The van der Waals surface area contributed by atoms with Gasteiger partial charge in [0.1, 0.15) is 5.56 Å². The smallest absolute Gasteiger partial charge is 0.256 e. The zero-order valence-corrected chi connectivity index (χ0v) is 11.3. The molecule has 1 aromatic rings. The summed E-state index contributed by atoms with van der Waals surface area (Å²) < 4.78 is 0. The predicted molar refractivity (Wildman–Crippen MR) is 74.1 cm³/mol. The molecule has 2 unspecified atom stereocenters. The van der Waals surface area contributed by atoms with E-state index in [0.717, 1.165) is 25.0 Å². The van der Waals surface area contributed by atoms with Crippen molar-refractivity contribution >= 4 is 17.7 Å². The van der Waals surface area contributed by atoms with E-state index in [1.807, 2.05) is 11.8 Å². The van der Waals surface area contributed by atoms with E-state index < -0.39 is 0 Å². The van der Waals surface area contributed by atoms with Crippen molar-refractivity contribution in [2.45, 2.75) is 37.5 Å². The average Bonchev–Trinajstić information content (AvgIpc) is 2.78. The summed E-state index contributed by atoms with van der Waals surface area (Å²) in [6, 6.07) is 1.57. The van der Waals surface area contributed by atoms with Gasteiger partial charge < -0.3 is 10.3 Å². The highest BCUT2D eigenvalue weighted by molar-refractivity contribution is 7.99. The Kier molecular flexibility index (Phi) is 4.47. The molecule has 0 spiro atoms. The number of aromatic amines is 1. The second-order valence-corrected chi connectivity index (χ2v) is 5.94. The van der Waals surface area contributed by atoms with Gasteiger partial charge >= 0.3 is 0 Å². The van der Waals surface area contributed by atoms with E-state index in [-0.39, 0.29) is 22.9 Å². The number of carbonyl (C=O) groups excluding carboxylic acids is 1. The number of hydrogen-bond donors (Lipinski definition) is 2. The summed E-state index contributed by atoms with van der Waals surface area (Å²) in [5.74, 6) is 0.800. The molecule has 0 aromatic carbocycles. The molecule has 1 amide bonds. The van der Waals surface area contributed by atoms with Gasteiger partial charge in [0.2, 0.25) is 0 Å². The Morgan fingerprint density at radius 2 is 2.39 bits per heavy atom. The van der Waals surface area contributed by atoms with Gasteiger partial charge in [-0.2, -0.15) is 11.8 Å². The van der Waals surface area contributed by atoms with Crippen molar-refractivity contribution in [3.8, 4) is 0 Å². The number of pyridine rings is 1. The molecular weight excluding hydrogens is 248 g/mol. The van der Waals surface area contributed by atoms with Crippen molar-refractivity contribution in [2.24, 2.45) is 0 Å². The lowest BCUT2D eigenvalue weighted by atomic mass is 10.2. The van der Waals surface area contributed by atoms with Crippen LogP contribution >= 0.6 is 11.8 Å². The Bertz CT molecular complexity index is 472. The summed E-state index contributed by atoms with van der Waals surface area (Å²) in [6.07, 6.45) is 6.30. The summed E-state index contributed by atoms with van der Waals surface area (Å²) >= 11 is 1.89. The fourth-order valence-corrected chi connectivity index (χ4v) is 3.54. The van der Waals surface area contributed by atoms with Crippen LogP contribution in [0.5, 0.6) is 0 Å². The lowest BCUT2D eigenvalue weighted by Gasteiger charge is -2.19. The van der Waals surface area contributed by atoms with Crippen LogP contribution in [0.2, 0.25) is 0 Å². The molecule has 4 nitrogen and oxygen atoms in total. The van der Waals surface area contributed by atoms with Crippen molar-refractivity contribution in [3.05, 3.63) is 34.2 Å².